The number of amides is 2. The first kappa shape index (κ1) is 20.2. The average molecular weight is 406 g/mol. The third-order valence-electron chi connectivity index (χ3n) is 4.12. The van der Waals surface area contributed by atoms with Crippen molar-refractivity contribution in [1.82, 2.24) is 9.55 Å². The summed E-state index contributed by atoms with van der Waals surface area (Å²) in [6.07, 6.45) is -4.85. The van der Waals surface area contributed by atoms with Crippen molar-refractivity contribution in [3.63, 3.8) is 0 Å². The Bertz CT molecular complexity index is 1060. The van der Waals surface area contributed by atoms with Crippen molar-refractivity contribution in [2.24, 2.45) is 5.73 Å². The van der Waals surface area contributed by atoms with Crippen molar-refractivity contribution < 1.29 is 27.5 Å². The zero-order valence-electron chi connectivity index (χ0n) is 15.3. The minimum atomic E-state index is -4.67. The molecule has 0 unspecified atom stereocenters. The van der Waals surface area contributed by atoms with Crippen LogP contribution in [0.25, 0.3) is 16.7 Å². The average Bonchev–Trinajstić information content (AvgIpc) is 3.06. The number of aromatic nitrogens is 2. The van der Waals surface area contributed by atoms with Crippen molar-refractivity contribution in [3.05, 3.63) is 48.3 Å². The van der Waals surface area contributed by atoms with Gasteiger partial charge in [0.05, 0.1) is 18.1 Å². The predicted octanol–water partition coefficient (Wildman–Crippen LogP) is 3.26. The smallest absolute Gasteiger partial charge is 0.450 e. The first-order chi connectivity index (χ1) is 13.7. The van der Waals surface area contributed by atoms with E-state index in [-0.39, 0.29) is 29.6 Å². The van der Waals surface area contributed by atoms with E-state index in [1.54, 1.807) is 6.07 Å². The van der Waals surface area contributed by atoms with Gasteiger partial charge < -0.3 is 15.8 Å². The SMILES string of the molecule is COc1ccc2c(c1)nc(C(F)(F)F)n2-c1ccc(NC(=O)CCC(N)=O)cc1. The van der Waals surface area contributed by atoms with Gasteiger partial charge in [-0.25, -0.2) is 4.98 Å². The summed E-state index contributed by atoms with van der Waals surface area (Å²) in [5.41, 5.74) is 5.99. The van der Waals surface area contributed by atoms with E-state index in [9.17, 15) is 22.8 Å². The van der Waals surface area contributed by atoms with E-state index >= 15 is 0 Å². The number of rotatable bonds is 6. The quantitative estimate of drug-likeness (QED) is 0.656. The van der Waals surface area contributed by atoms with Gasteiger partial charge >= 0.3 is 6.18 Å². The van der Waals surface area contributed by atoms with Gasteiger partial charge in [-0.1, -0.05) is 0 Å². The Morgan fingerprint density at radius 1 is 1.14 bits per heavy atom. The van der Waals surface area contributed by atoms with E-state index in [0.717, 1.165) is 4.57 Å². The summed E-state index contributed by atoms with van der Waals surface area (Å²) >= 11 is 0. The van der Waals surface area contributed by atoms with Gasteiger partial charge in [0.25, 0.3) is 0 Å². The van der Waals surface area contributed by atoms with Crippen LogP contribution in [0.4, 0.5) is 18.9 Å². The maximum absolute atomic E-state index is 13.5. The molecular formula is C19H17F3N4O3. The molecule has 0 fully saturated rings. The minimum Gasteiger partial charge on any atom is -0.497 e. The molecule has 3 aromatic rings. The molecule has 0 saturated heterocycles. The Morgan fingerprint density at radius 3 is 2.41 bits per heavy atom. The number of nitrogens with zero attached hydrogens (tertiary/aromatic N) is 2. The van der Waals surface area contributed by atoms with E-state index in [2.05, 4.69) is 10.3 Å². The second kappa shape index (κ2) is 7.82. The van der Waals surface area contributed by atoms with Crippen molar-refractivity contribution in [3.8, 4) is 11.4 Å². The highest BCUT2D eigenvalue weighted by atomic mass is 19.4. The molecule has 2 amide bonds. The minimum absolute atomic E-state index is 0.0801. The van der Waals surface area contributed by atoms with Crippen LogP contribution in [0.1, 0.15) is 18.7 Å². The lowest BCUT2D eigenvalue weighted by Gasteiger charge is -2.12. The summed E-state index contributed by atoms with van der Waals surface area (Å²) < 4.78 is 46.7. The van der Waals surface area contributed by atoms with Crippen LogP contribution >= 0.6 is 0 Å². The number of ether oxygens (including phenoxy) is 1. The summed E-state index contributed by atoms with van der Waals surface area (Å²) in [4.78, 5) is 26.2. The summed E-state index contributed by atoms with van der Waals surface area (Å²) in [5.74, 6) is -1.70. The first-order valence-corrected chi connectivity index (χ1v) is 8.51. The number of primary amides is 1. The van der Waals surface area contributed by atoms with Crippen molar-refractivity contribution in [2.75, 3.05) is 12.4 Å². The number of alkyl halides is 3. The molecule has 1 heterocycles. The third kappa shape index (κ3) is 4.48. The monoisotopic (exact) mass is 406 g/mol. The summed E-state index contributed by atoms with van der Waals surface area (Å²) in [7, 11) is 1.42. The topological polar surface area (TPSA) is 99.2 Å². The molecule has 3 rings (SSSR count). The predicted molar refractivity (Wildman–Crippen MR) is 99.7 cm³/mol. The lowest BCUT2D eigenvalue weighted by molar-refractivity contribution is -0.145. The number of nitrogens with two attached hydrogens (primary N) is 1. The number of benzene rings is 2. The van der Waals surface area contributed by atoms with E-state index < -0.39 is 23.8 Å². The fourth-order valence-electron chi connectivity index (χ4n) is 2.79. The van der Waals surface area contributed by atoms with Gasteiger partial charge in [-0.15, -0.1) is 0 Å². The molecule has 2 aromatic carbocycles. The van der Waals surface area contributed by atoms with Gasteiger partial charge in [0.1, 0.15) is 5.75 Å². The first-order valence-electron chi connectivity index (χ1n) is 8.51. The number of hydrogen-bond acceptors (Lipinski definition) is 4. The Balaban J connectivity index is 1.95. The molecule has 0 radical (unpaired) electrons. The lowest BCUT2D eigenvalue weighted by Crippen LogP contribution is -2.17. The Kier molecular flexibility index (Phi) is 5.44. The van der Waals surface area contributed by atoms with Crippen LogP contribution < -0.4 is 15.8 Å². The van der Waals surface area contributed by atoms with Crippen LogP contribution in [-0.4, -0.2) is 28.5 Å². The van der Waals surface area contributed by atoms with E-state index in [4.69, 9.17) is 10.5 Å². The van der Waals surface area contributed by atoms with Gasteiger partial charge in [0.2, 0.25) is 17.6 Å². The number of anilines is 1. The number of methoxy groups -OCH3 is 1. The molecule has 0 spiro atoms. The number of fused-ring (bicyclic) bond motifs is 1. The van der Waals surface area contributed by atoms with Crippen LogP contribution in [0, 0.1) is 0 Å². The van der Waals surface area contributed by atoms with Crippen LogP contribution in [0.3, 0.4) is 0 Å². The van der Waals surface area contributed by atoms with E-state index in [1.165, 1.54) is 43.5 Å². The number of nitrogens with one attached hydrogen (secondary N) is 1. The molecule has 0 atom stereocenters. The second-order valence-corrected chi connectivity index (χ2v) is 6.18. The highest BCUT2D eigenvalue weighted by Gasteiger charge is 2.38. The highest BCUT2D eigenvalue weighted by molar-refractivity contribution is 5.93. The van der Waals surface area contributed by atoms with Gasteiger partial charge in [0, 0.05) is 30.3 Å². The fourth-order valence-corrected chi connectivity index (χ4v) is 2.79. The van der Waals surface area contributed by atoms with E-state index in [0.29, 0.717) is 11.4 Å². The maximum atomic E-state index is 13.5. The Morgan fingerprint density at radius 2 is 1.83 bits per heavy atom. The molecule has 29 heavy (non-hydrogen) atoms. The van der Waals surface area contributed by atoms with Crippen molar-refractivity contribution >= 4 is 28.5 Å². The Hall–Kier alpha value is -3.56. The molecule has 0 bridgehead atoms. The zero-order valence-corrected chi connectivity index (χ0v) is 15.3. The number of hydrogen-bond donors (Lipinski definition) is 2. The van der Waals surface area contributed by atoms with Crippen LogP contribution in [-0.2, 0) is 15.8 Å². The molecule has 1 aromatic heterocycles. The normalized spacial score (nSPS) is 11.4. The Labute approximate surface area is 163 Å². The molecule has 152 valence electrons. The molecular weight excluding hydrogens is 389 g/mol. The van der Waals surface area contributed by atoms with Crippen molar-refractivity contribution in [1.29, 1.82) is 0 Å². The zero-order chi connectivity index (χ0) is 21.2. The molecule has 10 heteroatoms. The van der Waals surface area contributed by atoms with Crippen LogP contribution in [0.15, 0.2) is 42.5 Å². The summed E-state index contributed by atoms with van der Waals surface area (Å²) in [5, 5.41) is 2.56. The lowest BCUT2D eigenvalue weighted by atomic mass is 10.2. The number of halogens is 3. The summed E-state index contributed by atoms with van der Waals surface area (Å²) in [6.45, 7) is 0. The maximum Gasteiger partial charge on any atom is 0.450 e. The van der Waals surface area contributed by atoms with Gasteiger partial charge in [-0.05, 0) is 36.4 Å². The number of carbonyl (C=O) groups excluding carboxylic acids is 2. The van der Waals surface area contributed by atoms with Gasteiger partial charge in [-0.3, -0.25) is 14.2 Å². The molecule has 0 aliphatic carbocycles. The molecule has 0 saturated carbocycles. The van der Waals surface area contributed by atoms with Crippen LogP contribution in [0.2, 0.25) is 0 Å². The second-order valence-electron chi connectivity index (χ2n) is 6.18. The van der Waals surface area contributed by atoms with Gasteiger partial charge in [-0.2, -0.15) is 13.2 Å². The van der Waals surface area contributed by atoms with Gasteiger partial charge in [0.15, 0.2) is 0 Å². The number of carbonyl (C=O) groups is 2. The highest BCUT2D eigenvalue weighted by Crippen LogP contribution is 2.35. The van der Waals surface area contributed by atoms with E-state index in [1.807, 2.05) is 0 Å². The molecule has 0 aliphatic rings. The van der Waals surface area contributed by atoms with Crippen LogP contribution in [0.5, 0.6) is 5.75 Å². The standard InChI is InChI=1S/C19H17F3N4O3/c1-29-13-6-7-15-14(10-13)25-18(19(20,21)22)26(15)12-4-2-11(3-5-12)24-17(28)9-8-16(23)27/h2-7,10H,8-9H2,1H3,(H2,23,27)(H,24,28). The largest absolute Gasteiger partial charge is 0.497 e. The summed E-state index contributed by atoms with van der Waals surface area (Å²) in [6, 6.07) is 10.3. The third-order valence-corrected chi connectivity index (χ3v) is 4.12. The fraction of sp³-hybridized carbons (Fsp3) is 0.211. The van der Waals surface area contributed by atoms with Crippen molar-refractivity contribution in [2.45, 2.75) is 19.0 Å². The number of imidazole rings is 1. The molecule has 0 aliphatic heterocycles. The molecule has 3 N–H and O–H groups in total. The molecule has 7 nitrogen and oxygen atoms in total.